The van der Waals surface area contributed by atoms with Gasteiger partial charge in [0.1, 0.15) is 5.82 Å². The standard InChI is InChI=1S/C15H11ClFNO4S/c16-12-9-14(10(8-13(12)17)6-7-15(19)20)18-23(21,22)11-4-2-1-3-5-11/h1-9,18H,(H,19,20). The van der Waals surface area contributed by atoms with Gasteiger partial charge in [0.25, 0.3) is 10.0 Å². The van der Waals surface area contributed by atoms with Crippen LogP contribution in [0, 0.1) is 5.82 Å². The summed E-state index contributed by atoms with van der Waals surface area (Å²) in [6, 6.07) is 9.58. The molecule has 0 atom stereocenters. The molecule has 2 N–H and O–H groups in total. The summed E-state index contributed by atoms with van der Waals surface area (Å²) in [5, 5.41) is 8.37. The molecule has 23 heavy (non-hydrogen) atoms. The van der Waals surface area contributed by atoms with Crippen molar-refractivity contribution in [1.82, 2.24) is 0 Å². The van der Waals surface area contributed by atoms with E-state index in [0.717, 1.165) is 24.3 Å². The van der Waals surface area contributed by atoms with Gasteiger partial charge in [0.15, 0.2) is 0 Å². The Balaban J connectivity index is 2.46. The first-order valence-corrected chi connectivity index (χ1v) is 8.13. The van der Waals surface area contributed by atoms with Crippen LogP contribution in [0.15, 0.2) is 53.4 Å². The third-order valence-electron chi connectivity index (χ3n) is 2.80. The van der Waals surface area contributed by atoms with E-state index in [2.05, 4.69) is 4.72 Å². The molecule has 0 aliphatic heterocycles. The second-order valence-electron chi connectivity index (χ2n) is 4.44. The van der Waals surface area contributed by atoms with Crippen molar-refractivity contribution in [2.45, 2.75) is 4.90 Å². The van der Waals surface area contributed by atoms with Gasteiger partial charge in [0.05, 0.1) is 15.6 Å². The summed E-state index contributed by atoms with van der Waals surface area (Å²) in [5.41, 5.74) is 0.00607. The molecule has 0 saturated carbocycles. The third kappa shape index (κ3) is 4.30. The van der Waals surface area contributed by atoms with Crippen LogP contribution in [0.25, 0.3) is 6.08 Å². The minimum absolute atomic E-state index is 0.00797. The molecule has 0 aliphatic rings. The zero-order valence-electron chi connectivity index (χ0n) is 11.5. The Morgan fingerprint density at radius 1 is 1.22 bits per heavy atom. The number of sulfonamides is 1. The van der Waals surface area contributed by atoms with Crippen LogP contribution in [0.5, 0.6) is 0 Å². The topological polar surface area (TPSA) is 83.5 Å². The van der Waals surface area contributed by atoms with E-state index < -0.39 is 21.8 Å². The van der Waals surface area contributed by atoms with Gasteiger partial charge in [-0.05, 0) is 30.3 Å². The van der Waals surface area contributed by atoms with Crippen molar-refractivity contribution < 1.29 is 22.7 Å². The number of benzene rings is 2. The second-order valence-corrected chi connectivity index (χ2v) is 6.53. The molecule has 0 aliphatic carbocycles. The van der Waals surface area contributed by atoms with E-state index in [-0.39, 0.29) is 21.2 Å². The summed E-state index contributed by atoms with van der Waals surface area (Å²) < 4.78 is 40.4. The fraction of sp³-hybridized carbons (Fsp3) is 0. The Kier molecular flexibility index (Phi) is 5.02. The first-order chi connectivity index (χ1) is 10.8. The molecule has 0 aromatic heterocycles. The smallest absolute Gasteiger partial charge is 0.328 e. The number of carboxylic acid groups (broad SMARTS) is 1. The summed E-state index contributed by atoms with van der Waals surface area (Å²) in [4.78, 5) is 10.6. The fourth-order valence-corrected chi connectivity index (χ4v) is 3.02. The molecule has 0 bridgehead atoms. The van der Waals surface area contributed by atoms with E-state index in [1.54, 1.807) is 18.2 Å². The van der Waals surface area contributed by atoms with Crippen molar-refractivity contribution in [1.29, 1.82) is 0 Å². The third-order valence-corrected chi connectivity index (χ3v) is 4.47. The molecule has 2 aromatic rings. The Labute approximate surface area is 137 Å². The highest BCUT2D eigenvalue weighted by molar-refractivity contribution is 7.92. The molecular formula is C15H11ClFNO4S. The lowest BCUT2D eigenvalue weighted by molar-refractivity contribution is -0.131. The first-order valence-electron chi connectivity index (χ1n) is 6.27. The zero-order chi connectivity index (χ0) is 17.0. The molecule has 0 saturated heterocycles. The van der Waals surface area contributed by atoms with Crippen LogP contribution < -0.4 is 4.72 Å². The van der Waals surface area contributed by atoms with Crippen molar-refractivity contribution in [2.24, 2.45) is 0 Å². The second kappa shape index (κ2) is 6.80. The van der Waals surface area contributed by atoms with E-state index in [9.17, 15) is 17.6 Å². The number of hydrogen-bond acceptors (Lipinski definition) is 3. The molecule has 120 valence electrons. The summed E-state index contributed by atoms with van der Waals surface area (Å²) >= 11 is 5.67. The van der Waals surface area contributed by atoms with Gasteiger partial charge in [-0.1, -0.05) is 29.8 Å². The van der Waals surface area contributed by atoms with Crippen LogP contribution in [0.4, 0.5) is 10.1 Å². The number of rotatable bonds is 5. The largest absolute Gasteiger partial charge is 0.478 e. The van der Waals surface area contributed by atoms with Crippen LogP contribution >= 0.6 is 11.6 Å². The molecule has 2 rings (SSSR count). The Morgan fingerprint density at radius 2 is 1.87 bits per heavy atom. The number of aliphatic carboxylic acids is 1. The van der Waals surface area contributed by atoms with Gasteiger partial charge < -0.3 is 5.11 Å². The number of carbonyl (C=O) groups is 1. The van der Waals surface area contributed by atoms with E-state index >= 15 is 0 Å². The maximum Gasteiger partial charge on any atom is 0.328 e. The van der Waals surface area contributed by atoms with Gasteiger partial charge in [-0.15, -0.1) is 0 Å². The van der Waals surface area contributed by atoms with Crippen LogP contribution in [0.1, 0.15) is 5.56 Å². The molecule has 0 radical (unpaired) electrons. The van der Waals surface area contributed by atoms with E-state index in [1.165, 1.54) is 12.1 Å². The number of anilines is 1. The SMILES string of the molecule is O=C(O)C=Cc1cc(F)c(Cl)cc1NS(=O)(=O)c1ccccc1. The Bertz CT molecular complexity index is 867. The fourth-order valence-electron chi connectivity index (χ4n) is 1.75. The van der Waals surface area contributed by atoms with Crippen LogP contribution in [-0.2, 0) is 14.8 Å². The van der Waals surface area contributed by atoms with Gasteiger partial charge in [0, 0.05) is 11.6 Å². The highest BCUT2D eigenvalue weighted by Crippen LogP contribution is 2.27. The van der Waals surface area contributed by atoms with Gasteiger partial charge in [-0.2, -0.15) is 0 Å². The maximum absolute atomic E-state index is 13.5. The zero-order valence-corrected chi connectivity index (χ0v) is 13.1. The van der Waals surface area contributed by atoms with Crippen molar-refractivity contribution in [3.8, 4) is 0 Å². The van der Waals surface area contributed by atoms with Crippen molar-refractivity contribution in [3.05, 3.63) is 64.9 Å². The molecule has 0 fully saturated rings. The summed E-state index contributed by atoms with van der Waals surface area (Å²) in [6.07, 6.45) is 1.84. The van der Waals surface area contributed by atoms with Crippen molar-refractivity contribution in [2.75, 3.05) is 4.72 Å². The lowest BCUT2D eigenvalue weighted by atomic mass is 10.1. The maximum atomic E-state index is 13.5. The molecule has 8 heteroatoms. The predicted octanol–water partition coefficient (Wildman–Crippen LogP) is 3.38. The average Bonchev–Trinajstić information content (AvgIpc) is 2.50. The number of nitrogens with one attached hydrogen (secondary N) is 1. The highest BCUT2D eigenvalue weighted by Gasteiger charge is 2.16. The minimum atomic E-state index is -3.92. The van der Waals surface area contributed by atoms with Gasteiger partial charge in [0.2, 0.25) is 0 Å². The average molecular weight is 356 g/mol. The normalized spacial score (nSPS) is 11.6. The van der Waals surface area contributed by atoms with Crippen LogP contribution in [-0.4, -0.2) is 19.5 Å². The Morgan fingerprint density at radius 3 is 2.48 bits per heavy atom. The minimum Gasteiger partial charge on any atom is -0.478 e. The van der Waals surface area contributed by atoms with Crippen molar-refractivity contribution in [3.63, 3.8) is 0 Å². The van der Waals surface area contributed by atoms with Crippen LogP contribution in [0.3, 0.4) is 0 Å². The van der Waals surface area contributed by atoms with Gasteiger partial charge in [-0.25, -0.2) is 17.6 Å². The van der Waals surface area contributed by atoms with Gasteiger partial charge >= 0.3 is 5.97 Å². The van der Waals surface area contributed by atoms with Gasteiger partial charge in [-0.3, -0.25) is 4.72 Å². The molecule has 2 aromatic carbocycles. The summed E-state index contributed by atoms with van der Waals surface area (Å²) in [7, 11) is -3.92. The molecule has 0 spiro atoms. The van der Waals surface area contributed by atoms with E-state index in [1.807, 2.05) is 0 Å². The summed E-state index contributed by atoms with van der Waals surface area (Å²) in [6.45, 7) is 0. The highest BCUT2D eigenvalue weighted by atomic mass is 35.5. The molecule has 5 nitrogen and oxygen atoms in total. The quantitative estimate of drug-likeness (QED) is 0.805. The molecule has 0 amide bonds. The van der Waals surface area contributed by atoms with E-state index in [4.69, 9.17) is 16.7 Å². The van der Waals surface area contributed by atoms with E-state index in [0.29, 0.717) is 0 Å². The monoisotopic (exact) mass is 355 g/mol. The Hall–Kier alpha value is -2.38. The lowest BCUT2D eigenvalue weighted by Crippen LogP contribution is -2.13. The molecule has 0 unspecified atom stereocenters. The summed E-state index contributed by atoms with van der Waals surface area (Å²) in [5.74, 6) is -2.04. The lowest BCUT2D eigenvalue weighted by Gasteiger charge is -2.11. The molecular weight excluding hydrogens is 345 g/mol. The van der Waals surface area contributed by atoms with Crippen LogP contribution in [0.2, 0.25) is 5.02 Å². The van der Waals surface area contributed by atoms with Crippen molar-refractivity contribution >= 4 is 39.4 Å². The first kappa shape index (κ1) is 17.0. The predicted molar refractivity (Wildman–Crippen MR) is 85.3 cm³/mol. The number of carboxylic acids is 1. The number of hydrogen-bond donors (Lipinski definition) is 2. The molecule has 0 heterocycles. The number of halogens is 2.